The molecule has 3 aliphatic rings. The molecule has 55 heavy (non-hydrogen) atoms. The standard InChI is InChI=1S/C39H63NO15/c1-4-5-13-27-14-11-9-7-6-8-10-12-15-28(54-38-35(47)33(40)34(46)23(3)52-38)19-31-32(36(48)49)30(45)21-39(51,55-31)20-26(43)17-24(41)16-25(42)18-29(44)22(2)37(50)53-27/h6-12,15,22-35,38,41-47,51H,4-5,13-14,16-21,40H2,1-3H3,(H,48,49). The van der Waals surface area contributed by atoms with Crippen molar-refractivity contribution in [2.24, 2.45) is 17.6 Å². The van der Waals surface area contributed by atoms with Crippen LogP contribution in [0.15, 0.2) is 48.6 Å². The molecule has 3 heterocycles. The fraction of sp³-hybridized carbons (Fsp3) is 0.744. The van der Waals surface area contributed by atoms with Crippen LogP contribution in [0.1, 0.15) is 85.0 Å². The highest BCUT2D eigenvalue weighted by atomic mass is 16.7. The second-order valence-electron chi connectivity index (χ2n) is 15.2. The third-order valence-corrected chi connectivity index (χ3v) is 10.4. The van der Waals surface area contributed by atoms with E-state index in [1.165, 1.54) is 13.0 Å². The van der Waals surface area contributed by atoms with Crippen molar-refractivity contribution in [3.63, 3.8) is 0 Å². The third kappa shape index (κ3) is 14.7. The normalized spacial score (nSPS) is 42.1. The third-order valence-electron chi connectivity index (χ3n) is 10.4. The van der Waals surface area contributed by atoms with Crippen LogP contribution in [0, 0.1) is 11.8 Å². The van der Waals surface area contributed by atoms with Crippen LogP contribution in [0.5, 0.6) is 0 Å². The Kier molecular flexibility index (Phi) is 19.0. The Hall–Kier alpha value is -2.58. The molecule has 314 valence electrons. The molecule has 0 radical (unpaired) electrons. The molecule has 16 nitrogen and oxygen atoms in total. The molecule has 3 rings (SSSR count). The van der Waals surface area contributed by atoms with Crippen LogP contribution in [-0.4, -0.2) is 143 Å². The number of aliphatic hydroxyl groups excluding tert-OH is 7. The van der Waals surface area contributed by atoms with E-state index in [4.69, 9.17) is 24.7 Å². The molecule has 0 aromatic heterocycles. The molecule has 0 amide bonds. The summed E-state index contributed by atoms with van der Waals surface area (Å²) in [6.45, 7) is 5.06. The van der Waals surface area contributed by atoms with E-state index >= 15 is 0 Å². The zero-order valence-corrected chi connectivity index (χ0v) is 31.9. The number of carbonyl (C=O) groups excluding carboxylic acids is 1. The maximum absolute atomic E-state index is 12.9. The Balaban J connectivity index is 1.92. The van der Waals surface area contributed by atoms with Crippen molar-refractivity contribution in [3.8, 4) is 0 Å². The maximum Gasteiger partial charge on any atom is 0.311 e. The van der Waals surface area contributed by atoms with E-state index in [2.05, 4.69) is 0 Å². The summed E-state index contributed by atoms with van der Waals surface area (Å²) in [7, 11) is 0. The first-order valence-electron chi connectivity index (χ1n) is 19.3. The van der Waals surface area contributed by atoms with E-state index in [0.29, 0.717) is 12.8 Å². The molecule has 2 saturated heterocycles. The molecule has 16 atom stereocenters. The Bertz CT molecular complexity index is 1310. The highest BCUT2D eigenvalue weighted by Crippen LogP contribution is 2.38. The van der Waals surface area contributed by atoms with Crippen molar-refractivity contribution >= 4 is 11.9 Å². The summed E-state index contributed by atoms with van der Waals surface area (Å²) in [6.07, 6.45) is -0.632. The summed E-state index contributed by atoms with van der Waals surface area (Å²) in [6, 6.07) is -1.12. The van der Waals surface area contributed by atoms with E-state index in [9.17, 15) is 55.5 Å². The fourth-order valence-corrected chi connectivity index (χ4v) is 7.11. The average molecular weight is 786 g/mol. The Morgan fingerprint density at radius 1 is 0.873 bits per heavy atom. The smallest absolute Gasteiger partial charge is 0.311 e. The van der Waals surface area contributed by atoms with Gasteiger partial charge in [0, 0.05) is 32.1 Å². The summed E-state index contributed by atoms with van der Waals surface area (Å²) in [4.78, 5) is 25.3. The van der Waals surface area contributed by atoms with Gasteiger partial charge >= 0.3 is 11.9 Å². The van der Waals surface area contributed by atoms with Gasteiger partial charge in [0.2, 0.25) is 0 Å². The number of aliphatic carboxylic acids is 1. The van der Waals surface area contributed by atoms with E-state index in [1.54, 1.807) is 43.4 Å². The van der Waals surface area contributed by atoms with Crippen molar-refractivity contribution in [1.29, 1.82) is 0 Å². The van der Waals surface area contributed by atoms with E-state index in [1.807, 2.05) is 13.0 Å². The van der Waals surface area contributed by atoms with Gasteiger partial charge in [-0.3, -0.25) is 9.59 Å². The van der Waals surface area contributed by atoms with Gasteiger partial charge in [-0.25, -0.2) is 0 Å². The molecule has 0 aliphatic carbocycles. The summed E-state index contributed by atoms with van der Waals surface area (Å²) in [5.74, 6) is -6.80. The van der Waals surface area contributed by atoms with Crippen molar-refractivity contribution in [2.75, 3.05) is 0 Å². The van der Waals surface area contributed by atoms with E-state index in [-0.39, 0.29) is 25.7 Å². The zero-order valence-electron chi connectivity index (χ0n) is 31.9. The molecule has 16 heteroatoms. The molecule has 16 unspecified atom stereocenters. The lowest BCUT2D eigenvalue weighted by molar-refractivity contribution is -0.308. The predicted octanol–water partition coefficient (Wildman–Crippen LogP) is 0.465. The van der Waals surface area contributed by atoms with Crippen molar-refractivity contribution in [2.45, 2.75) is 170 Å². The Morgan fingerprint density at radius 2 is 1.51 bits per heavy atom. The van der Waals surface area contributed by atoms with Gasteiger partial charge in [0.05, 0.1) is 66.9 Å². The number of hydrogen-bond donors (Lipinski definition) is 10. The second kappa shape index (κ2) is 22.4. The van der Waals surface area contributed by atoms with Crippen molar-refractivity contribution in [1.82, 2.24) is 0 Å². The first-order valence-corrected chi connectivity index (χ1v) is 19.3. The molecule has 3 aliphatic heterocycles. The predicted molar refractivity (Wildman–Crippen MR) is 198 cm³/mol. The van der Waals surface area contributed by atoms with Gasteiger partial charge in [-0.15, -0.1) is 0 Å². The quantitative estimate of drug-likeness (QED) is 0.164. The lowest BCUT2D eigenvalue weighted by atomic mass is 9.82. The molecule has 2 bridgehead atoms. The second-order valence-corrected chi connectivity index (χ2v) is 15.2. The molecule has 2 fully saturated rings. The number of rotatable bonds is 6. The van der Waals surface area contributed by atoms with Crippen LogP contribution in [0.25, 0.3) is 0 Å². The molecule has 0 aromatic carbocycles. The van der Waals surface area contributed by atoms with Gasteiger partial charge in [-0.05, 0) is 33.1 Å². The molecular formula is C39H63NO15. The lowest BCUT2D eigenvalue weighted by Gasteiger charge is -2.45. The molecular weight excluding hydrogens is 722 g/mol. The zero-order chi connectivity index (χ0) is 40.9. The number of esters is 1. The number of allylic oxidation sites excluding steroid dienone is 6. The first-order chi connectivity index (χ1) is 25.9. The van der Waals surface area contributed by atoms with Crippen molar-refractivity contribution < 1.29 is 74.5 Å². The molecule has 0 saturated carbocycles. The largest absolute Gasteiger partial charge is 0.481 e. The number of carboxylic acid groups (broad SMARTS) is 1. The van der Waals surface area contributed by atoms with Gasteiger partial charge in [-0.1, -0.05) is 68.4 Å². The van der Waals surface area contributed by atoms with E-state index < -0.39 is 122 Å². The number of unbranched alkanes of at least 4 members (excludes halogenated alkanes) is 1. The number of carbonyl (C=O) groups is 2. The fourth-order valence-electron chi connectivity index (χ4n) is 7.11. The van der Waals surface area contributed by atoms with Crippen LogP contribution < -0.4 is 5.73 Å². The molecule has 0 spiro atoms. The minimum Gasteiger partial charge on any atom is -0.481 e. The van der Waals surface area contributed by atoms with Crippen LogP contribution in [0.3, 0.4) is 0 Å². The number of hydrogen-bond acceptors (Lipinski definition) is 15. The van der Waals surface area contributed by atoms with Gasteiger partial charge in [0.1, 0.15) is 18.1 Å². The first kappa shape index (κ1) is 46.8. The average Bonchev–Trinajstić information content (AvgIpc) is 3.09. The Morgan fingerprint density at radius 3 is 2.18 bits per heavy atom. The van der Waals surface area contributed by atoms with E-state index in [0.717, 1.165) is 12.8 Å². The van der Waals surface area contributed by atoms with Crippen molar-refractivity contribution in [3.05, 3.63) is 48.6 Å². The number of aliphatic hydroxyl groups is 8. The van der Waals surface area contributed by atoms with Gasteiger partial charge < -0.3 is 70.6 Å². The van der Waals surface area contributed by atoms with Crippen LogP contribution >= 0.6 is 0 Å². The molecule has 11 N–H and O–H groups in total. The number of ether oxygens (including phenoxy) is 4. The summed E-state index contributed by atoms with van der Waals surface area (Å²) in [5, 5.41) is 96.4. The van der Waals surface area contributed by atoms with Gasteiger partial charge in [0.15, 0.2) is 12.1 Å². The highest BCUT2D eigenvalue weighted by molar-refractivity contribution is 5.73. The van der Waals surface area contributed by atoms with Crippen LogP contribution in [0.2, 0.25) is 0 Å². The maximum atomic E-state index is 12.9. The number of fused-ring (bicyclic) bond motifs is 2. The highest BCUT2D eigenvalue weighted by Gasteiger charge is 2.51. The lowest BCUT2D eigenvalue weighted by Crippen LogP contribution is -2.61. The summed E-state index contributed by atoms with van der Waals surface area (Å²) < 4.78 is 23.4. The summed E-state index contributed by atoms with van der Waals surface area (Å²) in [5.41, 5.74) is 6.00. The van der Waals surface area contributed by atoms with Crippen LogP contribution in [0.4, 0.5) is 0 Å². The minimum atomic E-state index is -2.26. The number of nitrogens with two attached hydrogens (primary N) is 1. The topological polar surface area (TPSA) is 279 Å². The van der Waals surface area contributed by atoms with Crippen LogP contribution in [-0.2, 0) is 28.5 Å². The molecule has 0 aromatic rings. The summed E-state index contributed by atoms with van der Waals surface area (Å²) >= 11 is 0. The minimum absolute atomic E-state index is 0.259. The number of carboxylic acids is 1. The Labute approximate surface area is 322 Å². The SMILES string of the molecule is CCCCC1CC=CC=CC=CC=CC(OC2OC(C)C(O)C(N)C2O)CC2OC(O)(CC(O)CC(O)CC(O)CC(O)C(C)C(=O)O1)CC(O)C2C(=O)O. The van der Waals surface area contributed by atoms with Gasteiger partial charge in [0.25, 0.3) is 0 Å². The monoisotopic (exact) mass is 785 g/mol. The number of cyclic esters (lactones) is 1. The van der Waals surface area contributed by atoms with Gasteiger partial charge in [-0.2, -0.15) is 0 Å².